The van der Waals surface area contributed by atoms with Gasteiger partial charge in [0.15, 0.2) is 5.96 Å². The molecule has 1 unspecified atom stereocenters. The van der Waals surface area contributed by atoms with Crippen LogP contribution in [0.4, 0.5) is 0 Å². The Hall–Kier alpha value is -0.0400. The van der Waals surface area contributed by atoms with Crippen molar-refractivity contribution < 1.29 is 0 Å². The zero-order valence-corrected chi connectivity index (χ0v) is 16.6. The number of aliphatic imine (C=N–C) groups is 1. The van der Waals surface area contributed by atoms with Crippen LogP contribution in [0.25, 0.3) is 0 Å². The number of unbranched alkanes of at least 4 members (excludes halogenated alkanes) is 1. The SMILES string of the molecule is CC1CCCCN1CCCCN=C(N)N1CCCCCC1.I. The van der Waals surface area contributed by atoms with Crippen molar-refractivity contribution in [1.29, 1.82) is 0 Å². The van der Waals surface area contributed by atoms with Gasteiger partial charge in [0.05, 0.1) is 0 Å². The molecule has 0 aromatic carbocycles. The molecule has 0 spiro atoms. The predicted molar refractivity (Wildman–Crippen MR) is 106 cm³/mol. The summed E-state index contributed by atoms with van der Waals surface area (Å²) >= 11 is 0. The molecule has 2 fully saturated rings. The first-order valence-corrected chi connectivity index (χ1v) is 9.06. The average molecular weight is 422 g/mol. The first kappa shape index (κ1) is 20.0. The number of nitrogens with two attached hydrogens (primary N) is 1. The van der Waals surface area contributed by atoms with Crippen LogP contribution in [-0.2, 0) is 0 Å². The first-order valence-electron chi connectivity index (χ1n) is 9.06. The molecule has 0 aliphatic carbocycles. The molecule has 2 aliphatic rings. The summed E-state index contributed by atoms with van der Waals surface area (Å²) in [5.41, 5.74) is 6.13. The van der Waals surface area contributed by atoms with Crippen LogP contribution in [0.3, 0.4) is 0 Å². The lowest BCUT2D eigenvalue weighted by atomic mass is 10.0. The van der Waals surface area contributed by atoms with Crippen LogP contribution < -0.4 is 5.73 Å². The van der Waals surface area contributed by atoms with Crippen molar-refractivity contribution in [1.82, 2.24) is 9.80 Å². The lowest BCUT2D eigenvalue weighted by molar-refractivity contribution is 0.158. The highest BCUT2D eigenvalue weighted by molar-refractivity contribution is 14.0. The van der Waals surface area contributed by atoms with Gasteiger partial charge in [-0.3, -0.25) is 4.99 Å². The maximum atomic E-state index is 6.13. The summed E-state index contributed by atoms with van der Waals surface area (Å²) in [5, 5.41) is 0. The second-order valence-corrected chi connectivity index (χ2v) is 6.73. The smallest absolute Gasteiger partial charge is 0.191 e. The lowest BCUT2D eigenvalue weighted by Gasteiger charge is -2.33. The number of likely N-dealkylation sites (tertiary alicyclic amines) is 2. The van der Waals surface area contributed by atoms with Crippen molar-refractivity contribution in [2.24, 2.45) is 10.7 Å². The Bertz CT molecular complexity index is 314. The van der Waals surface area contributed by atoms with Crippen LogP contribution in [0, 0.1) is 0 Å². The topological polar surface area (TPSA) is 44.9 Å². The Labute approximate surface area is 153 Å². The zero-order chi connectivity index (χ0) is 14.9. The summed E-state index contributed by atoms with van der Waals surface area (Å²) < 4.78 is 0. The van der Waals surface area contributed by atoms with Gasteiger partial charge in [-0.15, -0.1) is 24.0 Å². The Morgan fingerprint density at radius 1 is 1.00 bits per heavy atom. The molecule has 0 bridgehead atoms. The maximum absolute atomic E-state index is 6.13. The van der Waals surface area contributed by atoms with Gasteiger partial charge in [-0.2, -0.15) is 0 Å². The number of rotatable bonds is 5. The van der Waals surface area contributed by atoms with E-state index >= 15 is 0 Å². The quantitative estimate of drug-likeness (QED) is 0.320. The van der Waals surface area contributed by atoms with Crippen LogP contribution in [0.5, 0.6) is 0 Å². The fraction of sp³-hybridized carbons (Fsp3) is 0.941. The Kier molecular flexibility index (Phi) is 10.4. The molecule has 2 N–H and O–H groups in total. The Morgan fingerprint density at radius 2 is 1.68 bits per heavy atom. The van der Waals surface area contributed by atoms with E-state index in [1.807, 2.05) is 0 Å². The Morgan fingerprint density at radius 3 is 2.36 bits per heavy atom. The van der Waals surface area contributed by atoms with E-state index in [2.05, 4.69) is 21.7 Å². The van der Waals surface area contributed by atoms with Crippen molar-refractivity contribution in [2.75, 3.05) is 32.7 Å². The van der Waals surface area contributed by atoms with Gasteiger partial charge in [-0.05, 0) is 58.5 Å². The predicted octanol–water partition coefficient (Wildman–Crippen LogP) is 3.45. The minimum Gasteiger partial charge on any atom is -0.370 e. The molecule has 0 aromatic heterocycles. The molecule has 2 rings (SSSR count). The summed E-state index contributed by atoms with van der Waals surface area (Å²) in [7, 11) is 0. The third kappa shape index (κ3) is 7.02. The molecular weight excluding hydrogens is 387 g/mol. The van der Waals surface area contributed by atoms with E-state index in [0.717, 1.165) is 38.1 Å². The molecule has 2 aliphatic heterocycles. The monoisotopic (exact) mass is 422 g/mol. The molecule has 2 heterocycles. The van der Waals surface area contributed by atoms with Crippen LogP contribution >= 0.6 is 24.0 Å². The van der Waals surface area contributed by atoms with Gasteiger partial charge >= 0.3 is 0 Å². The zero-order valence-electron chi connectivity index (χ0n) is 14.3. The summed E-state index contributed by atoms with van der Waals surface area (Å²) in [6, 6.07) is 0.782. The van der Waals surface area contributed by atoms with Gasteiger partial charge in [0, 0.05) is 25.7 Å². The highest BCUT2D eigenvalue weighted by atomic mass is 127. The largest absolute Gasteiger partial charge is 0.370 e. The number of halogens is 1. The summed E-state index contributed by atoms with van der Waals surface area (Å²) in [6.07, 6.45) is 11.8. The number of hydrogen-bond donors (Lipinski definition) is 1. The van der Waals surface area contributed by atoms with Crippen molar-refractivity contribution in [3.05, 3.63) is 0 Å². The van der Waals surface area contributed by atoms with E-state index in [4.69, 9.17) is 5.73 Å². The minimum absolute atomic E-state index is 0. The molecule has 22 heavy (non-hydrogen) atoms. The van der Waals surface area contributed by atoms with Crippen LogP contribution in [0.2, 0.25) is 0 Å². The third-order valence-corrected chi connectivity index (χ3v) is 5.00. The van der Waals surface area contributed by atoms with Crippen LogP contribution in [-0.4, -0.2) is 54.5 Å². The van der Waals surface area contributed by atoms with Gasteiger partial charge in [0.1, 0.15) is 0 Å². The Balaban J connectivity index is 0.00000242. The summed E-state index contributed by atoms with van der Waals surface area (Å²) in [4.78, 5) is 9.51. The van der Waals surface area contributed by atoms with Crippen molar-refractivity contribution >= 4 is 29.9 Å². The van der Waals surface area contributed by atoms with Crippen molar-refractivity contribution in [3.8, 4) is 0 Å². The van der Waals surface area contributed by atoms with Crippen LogP contribution in [0.15, 0.2) is 4.99 Å². The van der Waals surface area contributed by atoms with Crippen molar-refractivity contribution in [3.63, 3.8) is 0 Å². The average Bonchev–Trinajstić information content (AvgIpc) is 2.77. The van der Waals surface area contributed by atoms with Gasteiger partial charge < -0.3 is 15.5 Å². The minimum atomic E-state index is 0. The third-order valence-electron chi connectivity index (χ3n) is 5.00. The van der Waals surface area contributed by atoms with Gasteiger partial charge in [0.25, 0.3) is 0 Å². The lowest BCUT2D eigenvalue weighted by Crippen LogP contribution is -2.38. The number of nitrogens with zero attached hydrogens (tertiary/aromatic N) is 3. The van der Waals surface area contributed by atoms with Crippen LogP contribution in [0.1, 0.15) is 64.7 Å². The molecule has 0 radical (unpaired) electrons. The first-order chi connectivity index (χ1) is 10.3. The second-order valence-electron chi connectivity index (χ2n) is 6.73. The molecule has 5 heteroatoms. The second kappa shape index (κ2) is 11.5. The standard InChI is InChI=1S/C17H34N4.HI/c1-16-10-4-8-12-20(16)13-9-5-11-19-17(18)21-14-6-2-3-7-15-21;/h16H,2-15H2,1H3,(H2,18,19);1H. The molecule has 0 aromatic rings. The van der Waals surface area contributed by atoms with E-state index < -0.39 is 0 Å². The van der Waals surface area contributed by atoms with E-state index in [1.54, 1.807) is 0 Å². The molecule has 0 saturated carbocycles. The summed E-state index contributed by atoms with van der Waals surface area (Å²) in [6.45, 7) is 7.99. The number of piperidine rings is 1. The van der Waals surface area contributed by atoms with E-state index in [-0.39, 0.29) is 24.0 Å². The van der Waals surface area contributed by atoms with E-state index in [1.165, 1.54) is 64.5 Å². The highest BCUT2D eigenvalue weighted by Gasteiger charge is 2.17. The van der Waals surface area contributed by atoms with Gasteiger partial charge in [0.2, 0.25) is 0 Å². The molecule has 130 valence electrons. The summed E-state index contributed by atoms with van der Waals surface area (Å²) in [5.74, 6) is 0.781. The number of guanidine groups is 1. The van der Waals surface area contributed by atoms with Gasteiger partial charge in [-0.25, -0.2) is 0 Å². The molecular formula is C17H35IN4. The fourth-order valence-corrected chi connectivity index (χ4v) is 3.51. The highest BCUT2D eigenvalue weighted by Crippen LogP contribution is 2.16. The molecule has 2 saturated heterocycles. The molecule has 0 amide bonds. The maximum Gasteiger partial charge on any atom is 0.191 e. The fourth-order valence-electron chi connectivity index (χ4n) is 3.51. The van der Waals surface area contributed by atoms with Crippen molar-refractivity contribution in [2.45, 2.75) is 70.8 Å². The van der Waals surface area contributed by atoms with E-state index in [0.29, 0.717) is 0 Å². The van der Waals surface area contributed by atoms with Gasteiger partial charge in [-0.1, -0.05) is 19.3 Å². The molecule has 1 atom stereocenters. The number of hydrogen-bond acceptors (Lipinski definition) is 2. The normalized spacial score (nSPS) is 24.7. The van der Waals surface area contributed by atoms with E-state index in [9.17, 15) is 0 Å². The molecule has 4 nitrogen and oxygen atoms in total.